The number of hydrogen-bond acceptors (Lipinski definition) is 2. The summed E-state index contributed by atoms with van der Waals surface area (Å²) in [5, 5.41) is 5.91. The molecule has 0 saturated heterocycles. The smallest absolute Gasteiger partial charge is 0.564 e. The molecular formula is CH4NO2RbS. The van der Waals surface area contributed by atoms with E-state index in [-0.39, 0.29) is 58.2 Å². The average Bonchev–Trinajstić information content (AvgIpc) is 0.722. The summed E-state index contributed by atoms with van der Waals surface area (Å²) >= 11 is 0. The number of rotatable bonds is 0. The van der Waals surface area contributed by atoms with E-state index in [9.17, 15) is 8.42 Å². The minimum Gasteiger partial charge on any atom is -0.564 e. The van der Waals surface area contributed by atoms with Gasteiger partial charge in [-0.2, -0.15) is 0 Å². The van der Waals surface area contributed by atoms with Gasteiger partial charge in [-0.15, -0.1) is 0 Å². The molecule has 0 aliphatic heterocycles. The zero-order valence-corrected chi connectivity index (χ0v) is 9.46. The Morgan fingerprint density at radius 2 is 1.50 bits per heavy atom. The van der Waals surface area contributed by atoms with Crippen LogP contribution in [0.15, 0.2) is 0 Å². The molecule has 0 aliphatic carbocycles. The van der Waals surface area contributed by atoms with Crippen LogP contribution in [-0.4, -0.2) is 14.7 Å². The van der Waals surface area contributed by atoms with Crippen molar-refractivity contribution in [3.63, 3.8) is 0 Å². The van der Waals surface area contributed by atoms with E-state index in [1.807, 2.05) is 0 Å². The number of hydrogen-bond donors (Lipinski definition) is 0. The molecule has 0 fully saturated rings. The average molecular weight is 180 g/mol. The third-order valence-electron chi connectivity index (χ3n) is 0. The minimum absolute atomic E-state index is 0. The number of nitrogens with one attached hydrogen (secondary N) is 1. The number of sulfonamides is 1. The van der Waals surface area contributed by atoms with Crippen molar-refractivity contribution >= 4 is 10.0 Å². The first-order chi connectivity index (χ1) is 2.00. The molecule has 0 aliphatic rings. The SMILES string of the molecule is CS([NH-])(=O)=O.[Rb+]. The van der Waals surface area contributed by atoms with E-state index >= 15 is 0 Å². The van der Waals surface area contributed by atoms with E-state index in [2.05, 4.69) is 0 Å². The summed E-state index contributed by atoms with van der Waals surface area (Å²) in [6.07, 6.45) is 0.826. The van der Waals surface area contributed by atoms with Gasteiger partial charge in [-0.25, -0.2) is 8.42 Å². The normalized spacial score (nSPS) is 9.67. The van der Waals surface area contributed by atoms with Gasteiger partial charge in [0.25, 0.3) is 0 Å². The zero-order valence-electron chi connectivity index (χ0n) is 3.72. The van der Waals surface area contributed by atoms with Crippen molar-refractivity contribution in [2.24, 2.45) is 0 Å². The molecule has 0 radical (unpaired) electrons. The second-order valence-corrected chi connectivity index (χ2v) is 2.32. The van der Waals surface area contributed by atoms with Crippen LogP contribution < -0.4 is 58.2 Å². The molecule has 0 unspecified atom stereocenters. The molecule has 6 heavy (non-hydrogen) atoms. The predicted octanol–water partition coefficient (Wildman–Crippen LogP) is -3.00. The molecule has 0 rings (SSSR count). The fraction of sp³-hybridized carbons (Fsp3) is 1.00. The van der Waals surface area contributed by atoms with Gasteiger partial charge in [0, 0.05) is 6.26 Å². The molecule has 0 aromatic rings. The maximum absolute atomic E-state index is 9.30. The summed E-state index contributed by atoms with van der Waals surface area (Å²) in [5.41, 5.74) is 0. The van der Waals surface area contributed by atoms with Crippen LogP contribution in [0.2, 0.25) is 0 Å². The Balaban J connectivity index is 0. The van der Waals surface area contributed by atoms with E-state index in [1.165, 1.54) is 0 Å². The van der Waals surface area contributed by atoms with Crippen LogP contribution in [0.4, 0.5) is 0 Å². The Bertz CT molecular complexity index is 96.7. The molecule has 0 aromatic carbocycles. The van der Waals surface area contributed by atoms with Crippen LogP contribution in [0, 0.1) is 0 Å². The first-order valence-corrected chi connectivity index (χ1v) is 2.84. The molecule has 0 saturated carbocycles. The predicted molar refractivity (Wildman–Crippen MR) is 19.2 cm³/mol. The van der Waals surface area contributed by atoms with E-state index in [0.29, 0.717) is 0 Å². The van der Waals surface area contributed by atoms with Crippen LogP contribution >= 0.6 is 0 Å². The summed E-state index contributed by atoms with van der Waals surface area (Å²) in [6.45, 7) is 0. The van der Waals surface area contributed by atoms with Gasteiger partial charge in [-0.1, -0.05) is 0 Å². The first kappa shape index (κ1) is 10.7. The van der Waals surface area contributed by atoms with Gasteiger partial charge in [0.05, 0.1) is 10.0 Å². The second-order valence-electron chi connectivity index (χ2n) is 0.772. The molecule has 0 spiro atoms. The van der Waals surface area contributed by atoms with Gasteiger partial charge in [-0.3, -0.25) is 0 Å². The largest absolute Gasteiger partial charge is 1.00 e. The third kappa shape index (κ3) is 43.2. The van der Waals surface area contributed by atoms with E-state index in [4.69, 9.17) is 5.14 Å². The van der Waals surface area contributed by atoms with Crippen molar-refractivity contribution in [1.82, 2.24) is 0 Å². The summed E-state index contributed by atoms with van der Waals surface area (Å²) in [5.74, 6) is 0. The molecule has 1 N–H and O–H groups in total. The second kappa shape index (κ2) is 3.68. The van der Waals surface area contributed by atoms with Gasteiger partial charge in [0.15, 0.2) is 0 Å². The Morgan fingerprint density at radius 1 is 1.50 bits per heavy atom. The standard InChI is InChI=1S/CH4NO2S.Rb/c1-5(2,3)4;/h1H3,(H-,2,3,4);/q-1;+1. The Labute approximate surface area is 86.1 Å². The van der Waals surface area contributed by atoms with Gasteiger partial charge < -0.3 is 5.14 Å². The van der Waals surface area contributed by atoms with Crippen LogP contribution in [0.25, 0.3) is 5.14 Å². The van der Waals surface area contributed by atoms with Crippen molar-refractivity contribution in [1.29, 1.82) is 0 Å². The molecule has 0 aromatic heterocycles. The Hall–Kier alpha value is 1.72. The topological polar surface area (TPSA) is 57.9 Å². The Morgan fingerprint density at radius 3 is 1.50 bits per heavy atom. The fourth-order valence-corrected chi connectivity index (χ4v) is 0. The van der Waals surface area contributed by atoms with Gasteiger partial charge in [0.1, 0.15) is 0 Å². The fourth-order valence-electron chi connectivity index (χ4n) is 0. The molecule has 32 valence electrons. The van der Waals surface area contributed by atoms with Gasteiger partial charge in [0.2, 0.25) is 0 Å². The van der Waals surface area contributed by atoms with Crippen molar-refractivity contribution in [2.75, 3.05) is 6.26 Å². The molecule has 0 atom stereocenters. The van der Waals surface area contributed by atoms with E-state index in [0.717, 1.165) is 6.26 Å². The summed E-state index contributed by atoms with van der Waals surface area (Å²) in [6, 6.07) is 0. The monoisotopic (exact) mass is 179 g/mol. The van der Waals surface area contributed by atoms with Crippen LogP contribution in [0.5, 0.6) is 0 Å². The molecule has 0 bridgehead atoms. The van der Waals surface area contributed by atoms with Crippen molar-refractivity contribution in [2.45, 2.75) is 0 Å². The summed E-state index contributed by atoms with van der Waals surface area (Å²) in [7, 11) is -3.42. The maximum Gasteiger partial charge on any atom is 1.00 e. The van der Waals surface area contributed by atoms with Gasteiger partial charge in [-0.05, 0) is 0 Å². The molecule has 0 heterocycles. The van der Waals surface area contributed by atoms with Crippen LogP contribution in [-0.2, 0) is 10.0 Å². The van der Waals surface area contributed by atoms with Crippen molar-refractivity contribution in [3.8, 4) is 0 Å². The van der Waals surface area contributed by atoms with Crippen LogP contribution in [0.1, 0.15) is 0 Å². The quantitative estimate of drug-likeness (QED) is 0.398. The Kier molecular flexibility index (Phi) is 6.54. The summed E-state index contributed by atoms with van der Waals surface area (Å²) < 4.78 is 18.6. The van der Waals surface area contributed by atoms with Gasteiger partial charge >= 0.3 is 58.2 Å². The molecule has 3 nitrogen and oxygen atoms in total. The van der Waals surface area contributed by atoms with Crippen LogP contribution in [0.3, 0.4) is 0 Å². The molecule has 0 amide bonds. The summed E-state index contributed by atoms with van der Waals surface area (Å²) in [4.78, 5) is 0. The van der Waals surface area contributed by atoms with E-state index < -0.39 is 10.0 Å². The van der Waals surface area contributed by atoms with Crippen molar-refractivity contribution in [3.05, 3.63) is 5.14 Å². The molecule has 5 heteroatoms. The maximum atomic E-state index is 9.30. The minimum atomic E-state index is -3.42. The van der Waals surface area contributed by atoms with Crippen molar-refractivity contribution < 1.29 is 66.6 Å². The zero-order chi connectivity index (χ0) is 4.50. The molecular weight excluding hydrogens is 176 g/mol. The third-order valence-corrected chi connectivity index (χ3v) is 0. The first-order valence-electron chi connectivity index (χ1n) is 0.946. The van der Waals surface area contributed by atoms with E-state index in [1.54, 1.807) is 0 Å².